The van der Waals surface area contributed by atoms with Crippen LogP contribution in [-0.4, -0.2) is 12.0 Å². The molecule has 0 aliphatic rings. The Balaban J connectivity index is 0. The van der Waals surface area contributed by atoms with E-state index in [9.17, 15) is 9.90 Å². The maximum Gasteiger partial charge on any atom is 1.00 e. The van der Waals surface area contributed by atoms with E-state index in [1.54, 1.807) is 20.8 Å². The number of hydrogen-bond acceptors (Lipinski definition) is 3. The molecule has 54 valence electrons. The molecule has 0 saturated carbocycles. The predicted molar refractivity (Wildman–Crippen MR) is 32.4 cm³/mol. The summed E-state index contributed by atoms with van der Waals surface area (Å²) < 4.78 is 0. The minimum absolute atomic E-state index is 0. The fraction of sp³-hybridized carbons (Fsp3) is 0.833. The van der Waals surface area contributed by atoms with Crippen LogP contribution in [0.4, 0.5) is 0 Å². The van der Waals surface area contributed by atoms with E-state index in [1.807, 2.05) is 0 Å². The van der Waals surface area contributed by atoms with Gasteiger partial charge >= 0.3 is 51.4 Å². The van der Waals surface area contributed by atoms with Crippen molar-refractivity contribution < 1.29 is 61.3 Å². The second-order valence-electron chi connectivity index (χ2n) is 3.16. The van der Waals surface area contributed by atoms with E-state index >= 15 is 0 Å². The predicted octanol–water partition coefficient (Wildman–Crippen LogP) is -3.89. The van der Waals surface area contributed by atoms with Gasteiger partial charge < -0.3 is 15.6 Å². The molecular weight excluding hydrogens is 157 g/mol. The van der Waals surface area contributed by atoms with Crippen LogP contribution in [0.2, 0.25) is 0 Å². The van der Waals surface area contributed by atoms with Crippen LogP contribution in [0.25, 0.3) is 0 Å². The van der Waals surface area contributed by atoms with Gasteiger partial charge in [-0.25, -0.2) is 0 Å². The topological polar surface area (TPSA) is 66.2 Å². The van der Waals surface area contributed by atoms with E-state index < -0.39 is 17.4 Å². The number of carbonyl (C=O) groups is 1. The Labute approximate surface area is 104 Å². The number of nitrogens with two attached hydrogens (primary N) is 1. The number of carboxylic acids is 1. The molecule has 10 heavy (non-hydrogen) atoms. The Morgan fingerprint density at radius 1 is 1.50 bits per heavy atom. The molecule has 0 rings (SSSR count). The second kappa shape index (κ2) is 4.85. The maximum atomic E-state index is 10.1. The Morgan fingerprint density at radius 3 is 1.80 bits per heavy atom. The summed E-state index contributed by atoms with van der Waals surface area (Å²) in [5, 5.41) is 10.1. The average molecular weight is 169 g/mol. The first kappa shape index (κ1) is 13.6. The zero-order chi connectivity index (χ0) is 7.65. The van der Waals surface area contributed by atoms with Crippen molar-refractivity contribution in [3.8, 4) is 0 Å². The van der Waals surface area contributed by atoms with E-state index in [4.69, 9.17) is 5.73 Å². The molecule has 3 nitrogen and oxygen atoms in total. The van der Waals surface area contributed by atoms with E-state index in [0.717, 1.165) is 0 Å². The van der Waals surface area contributed by atoms with E-state index in [2.05, 4.69) is 0 Å². The van der Waals surface area contributed by atoms with Gasteiger partial charge in [-0.05, 0) is 5.41 Å². The van der Waals surface area contributed by atoms with Crippen molar-refractivity contribution in [2.24, 2.45) is 11.1 Å². The summed E-state index contributed by atoms with van der Waals surface area (Å²) >= 11 is 0. The average Bonchev–Trinajstić information content (AvgIpc) is 1.62. The van der Waals surface area contributed by atoms with Crippen LogP contribution < -0.4 is 62.2 Å². The van der Waals surface area contributed by atoms with Gasteiger partial charge in [0.2, 0.25) is 0 Å². The first-order valence-electron chi connectivity index (χ1n) is 2.82. The smallest absolute Gasteiger partial charge is 0.548 e. The largest absolute Gasteiger partial charge is 1.00 e. The number of aliphatic carboxylic acids is 1. The Hall–Kier alpha value is 1.07. The third-order valence-electron chi connectivity index (χ3n) is 1.19. The van der Waals surface area contributed by atoms with Crippen LogP contribution in [0.15, 0.2) is 0 Å². The zero-order valence-corrected chi connectivity index (χ0v) is 10.1. The first-order chi connectivity index (χ1) is 3.85. The summed E-state index contributed by atoms with van der Waals surface area (Å²) in [6.45, 7) is 5.27. The molecule has 0 fully saturated rings. The summed E-state index contributed by atoms with van der Waals surface area (Å²) in [6.07, 6.45) is 0. The molecule has 0 aromatic carbocycles. The van der Waals surface area contributed by atoms with Crippen molar-refractivity contribution in [1.29, 1.82) is 0 Å². The molecule has 0 heterocycles. The number of rotatable bonds is 1. The van der Waals surface area contributed by atoms with Crippen molar-refractivity contribution in [2.75, 3.05) is 0 Å². The minimum Gasteiger partial charge on any atom is -0.548 e. The number of carboxylic acid groups (broad SMARTS) is 1. The second-order valence-corrected chi connectivity index (χ2v) is 3.16. The van der Waals surface area contributed by atoms with Crippen LogP contribution in [0.1, 0.15) is 20.8 Å². The summed E-state index contributed by atoms with van der Waals surface area (Å²) in [5.74, 6) is -1.19. The van der Waals surface area contributed by atoms with E-state index in [1.165, 1.54) is 0 Å². The zero-order valence-electron chi connectivity index (χ0n) is 6.97. The van der Waals surface area contributed by atoms with Gasteiger partial charge in [-0.3, -0.25) is 0 Å². The van der Waals surface area contributed by atoms with Crippen LogP contribution in [0.5, 0.6) is 0 Å². The number of carbonyl (C=O) groups excluding carboxylic acids is 1. The van der Waals surface area contributed by atoms with Gasteiger partial charge in [-0.1, -0.05) is 20.8 Å². The fourth-order valence-electron chi connectivity index (χ4n) is 0.354. The third-order valence-corrected chi connectivity index (χ3v) is 1.19. The van der Waals surface area contributed by atoms with Gasteiger partial charge in [-0.15, -0.1) is 0 Å². The molecule has 0 saturated heterocycles. The molecule has 0 radical (unpaired) electrons. The molecule has 1 atom stereocenters. The molecule has 4 heteroatoms. The molecule has 2 N–H and O–H groups in total. The van der Waals surface area contributed by atoms with Gasteiger partial charge in [0.25, 0.3) is 0 Å². The molecule has 0 amide bonds. The van der Waals surface area contributed by atoms with Gasteiger partial charge in [0.05, 0.1) is 5.97 Å². The van der Waals surface area contributed by atoms with Crippen LogP contribution >= 0.6 is 0 Å². The maximum absolute atomic E-state index is 10.1. The molecular formula is C6H12KNO2. The molecule has 0 aromatic rings. The summed E-state index contributed by atoms with van der Waals surface area (Å²) in [7, 11) is 0. The van der Waals surface area contributed by atoms with E-state index in [-0.39, 0.29) is 51.4 Å². The van der Waals surface area contributed by atoms with E-state index in [0.29, 0.717) is 0 Å². The van der Waals surface area contributed by atoms with Crippen molar-refractivity contribution in [2.45, 2.75) is 26.8 Å². The Kier molecular flexibility index (Phi) is 6.61. The van der Waals surface area contributed by atoms with Gasteiger partial charge in [0.1, 0.15) is 0 Å². The van der Waals surface area contributed by atoms with Crippen molar-refractivity contribution in [3.63, 3.8) is 0 Å². The summed E-state index contributed by atoms with van der Waals surface area (Å²) in [6, 6.07) is -0.877. The van der Waals surface area contributed by atoms with Gasteiger partial charge in [-0.2, -0.15) is 0 Å². The van der Waals surface area contributed by atoms with Crippen molar-refractivity contribution in [1.82, 2.24) is 0 Å². The van der Waals surface area contributed by atoms with Gasteiger partial charge in [0.15, 0.2) is 0 Å². The summed E-state index contributed by atoms with van der Waals surface area (Å²) in [4.78, 5) is 10.1. The molecule has 0 bridgehead atoms. The summed E-state index contributed by atoms with van der Waals surface area (Å²) in [5.41, 5.74) is 4.83. The van der Waals surface area contributed by atoms with Crippen LogP contribution in [0.3, 0.4) is 0 Å². The van der Waals surface area contributed by atoms with Crippen molar-refractivity contribution >= 4 is 5.97 Å². The fourth-order valence-corrected chi connectivity index (χ4v) is 0.354. The molecule has 0 unspecified atom stereocenters. The monoisotopic (exact) mass is 169 g/mol. The third kappa shape index (κ3) is 4.82. The molecule has 0 aliphatic carbocycles. The van der Waals surface area contributed by atoms with Crippen molar-refractivity contribution in [3.05, 3.63) is 0 Å². The minimum atomic E-state index is -1.19. The van der Waals surface area contributed by atoms with Crippen LogP contribution in [0, 0.1) is 5.41 Å². The first-order valence-corrected chi connectivity index (χ1v) is 2.82. The quantitative estimate of drug-likeness (QED) is 0.408. The van der Waals surface area contributed by atoms with Crippen LogP contribution in [-0.2, 0) is 4.79 Å². The SMILES string of the molecule is CC(C)(C)[C@H](N)C(=O)[O-].[K+]. The Bertz CT molecular complexity index is 119. The Morgan fingerprint density at radius 2 is 1.80 bits per heavy atom. The standard InChI is InChI=1S/C6H13NO2.K/c1-6(2,3)4(7)5(8)9;/h4H,7H2,1-3H3,(H,8,9);/q;+1/p-1/t4-;/m1./s1. The normalized spacial score (nSPS) is 13.6. The molecule has 0 aliphatic heterocycles. The number of hydrogen-bond donors (Lipinski definition) is 1. The van der Waals surface area contributed by atoms with Gasteiger partial charge in [0, 0.05) is 6.04 Å². The molecule has 0 spiro atoms. The molecule has 0 aromatic heterocycles.